The number of esters is 1. The summed E-state index contributed by atoms with van der Waals surface area (Å²) in [5.41, 5.74) is 1.01. The van der Waals surface area contributed by atoms with Gasteiger partial charge in [-0.15, -0.1) is 0 Å². The molecule has 19 heavy (non-hydrogen) atoms. The van der Waals surface area contributed by atoms with E-state index in [0.29, 0.717) is 18.9 Å². The van der Waals surface area contributed by atoms with Gasteiger partial charge in [-0.25, -0.2) is 0 Å². The van der Waals surface area contributed by atoms with Crippen LogP contribution in [0.2, 0.25) is 0 Å². The second-order valence-electron chi connectivity index (χ2n) is 5.98. The van der Waals surface area contributed by atoms with Gasteiger partial charge in [-0.3, -0.25) is 4.79 Å². The zero-order chi connectivity index (χ0) is 14.3. The van der Waals surface area contributed by atoms with E-state index in [1.807, 2.05) is 45.9 Å². The van der Waals surface area contributed by atoms with E-state index in [1.54, 1.807) is 0 Å². The zero-order valence-corrected chi connectivity index (χ0v) is 12.4. The standard InChI is InChI=1S/C16H25NO2/c1-13(2)10-15(18)19-12-16(3,4)17-11-14-8-6-5-7-9-14/h5-9,13,17H,10-12H2,1-4H3. The Labute approximate surface area is 116 Å². The molecule has 0 aliphatic carbocycles. The molecule has 0 amide bonds. The highest BCUT2D eigenvalue weighted by atomic mass is 16.5. The van der Waals surface area contributed by atoms with Crippen LogP contribution in [0.3, 0.4) is 0 Å². The highest BCUT2D eigenvalue weighted by Gasteiger charge is 2.19. The van der Waals surface area contributed by atoms with Crippen LogP contribution in [0.25, 0.3) is 0 Å². The summed E-state index contributed by atoms with van der Waals surface area (Å²) in [6, 6.07) is 10.2. The third-order valence-corrected chi connectivity index (χ3v) is 2.78. The molecular weight excluding hydrogens is 238 g/mol. The van der Waals surface area contributed by atoms with Gasteiger partial charge in [0.25, 0.3) is 0 Å². The van der Waals surface area contributed by atoms with Crippen LogP contribution in [0, 0.1) is 5.92 Å². The van der Waals surface area contributed by atoms with Gasteiger partial charge in [-0.05, 0) is 25.3 Å². The molecule has 0 fully saturated rings. The smallest absolute Gasteiger partial charge is 0.306 e. The molecule has 0 heterocycles. The average Bonchev–Trinajstić information content (AvgIpc) is 2.35. The first-order valence-corrected chi connectivity index (χ1v) is 6.83. The van der Waals surface area contributed by atoms with Crippen molar-refractivity contribution in [1.82, 2.24) is 5.32 Å². The van der Waals surface area contributed by atoms with Gasteiger partial charge in [-0.1, -0.05) is 44.2 Å². The van der Waals surface area contributed by atoms with Crippen LogP contribution in [0.4, 0.5) is 0 Å². The summed E-state index contributed by atoms with van der Waals surface area (Å²) >= 11 is 0. The SMILES string of the molecule is CC(C)CC(=O)OCC(C)(C)NCc1ccccc1. The molecule has 3 heteroatoms. The normalized spacial score (nSPS) is 11.6. The summed E-state index contributed by atoms with van der Waals surface area (Å²) in [7, 11) is 0. The van der Waals surface area contributed by atoms with Crippen LogP contribution in [0.15, 0.2) is 30.3 Å². The second-order valence-corrected chi connectivity index (χ2v) is 5.98. The molecule has 0 bridgehead atoms. The zero-order valence-electron chi connectivity index (χ0n) is 12.4. The Morgan fingerprint density at radius 1 is 1.26 bits per heavy atom. The van der Waals surface area contributed by atoms with Crippen molar-refractivity contribution in [1.29, 1.82) is 0 Å². The molecule has 0 saturated heterocycles. The van der Waals surface area contributed by atoms with Gasteiger partial charge in [-0.2, -0.15) is 0 Å². The van der Waals surface area contributed by atoms with Crippen molar-refractivity contribution >= 4 is 5.97 Å². The lowest BCUT2D eigenvalue weighted by Crippen LogP contribution is -2.43. The van der Waals surface area contributed by atoms with Crippen molar-refractivity contribution in [2.24, 2.45) is 5.92 Å². The third-order valence-electron chi connectivity index (χ3n) is 2.78. The number of hydrogen-bond donors (Lipinski definition) is 1. The second kappa shape index (κ2) is 7.29. The van der Waals surface area contributed by atoms with E-state index in [-0.39, 0.29) is 11.5 Å². The van der Waals surface area contributed by atoms with Crippen molar-refractivity contribution < 1.29 is 9.53 Å². The fourth-order valence-electron chi connectivity index (χ4n) is 1.64. The van der Waals surface area contributed by atoms with Crippen LogP contribution in [-0.4, -0.2) is 18.1 Å². The minimum Gasteiger partial charge on any atom is -0.464 e. The summed E-state index contributed by atoms with van der Waals surface area (Å²) in [6.07, 6.45) is 0.481. The molecule has 0 aromatic heterocycles. The van der Waals surface area contributed by atoms with Crippen LogP contribution >= 0.6 is 0 Å². The topological polar surface area (TPSA) is 38.3 Å². The van der Waals surface area contributed by atoms with Crippen LogP contribution in [0.1, 0.15) is 39.7 Å². The number of nitrogens with one attached hydrogen (secondary N) is 1. The lowest BCUT2D eigenvalue weighted by atomic mass is 10.1. The molecule has 1 aromatic rings. The number of carbonyl (C=O) groups excluding carboxylic acids is 1. The Bertz CT molecular complexity index is 385. The largest absolute Gasteiger partial charge is 0.464 e. The quantitative estimate of drug-likeness (QED) is 0.768. The molecule has 106 valence electrons. The van der Waals surface area contributed by atoms with E-state index < -0.39 is 0 Å². The molecule has 1 rings (SSSR count). The molecular formula is C16H25NO2. The average molecular weight is 263 g/mol. The van der Waals surface area contributed by atoms with E-state index in [2.05, 4.69) is 17.4 Å². The summed E-state index contributed by atoms with van der Waals surface area (Å²) < 4.78 is 5.30. The van der Waals surface area contributed by atoms with Gasteiger partial charge >= 0.3 is 5.97 Å². The molecule has 1 N–H and O–H groups in total. The highest BCUT2D eigenvalue weighted by Crippen LogP contribution is 2.08. The van der Waals surface area contributed by atoms with Crippen molar-refractivity contribution in [2.75, 3.05) is 6.61 Å². The molecule has 0 atom stereocenters. The lowest BCUT2D eigenvalue weighted by molar-refractivity contribution is -0.146. The summed E-state index contributed by atoms with van der Waals surface area (Å²) in [4.78, 5) is 11.5. The molecule has 1 aromatic carbocycles. The Morgan fingerprint density at radius 3 is 2.47 bits per heavy atom. The fraction of sp³-hybridized carbons (Fsp3) is 0.562. The molecule has 0 aliphatic rings. The fourth-order valence-corrected chi connectivity index (χ4v) is 1.64. The van der Waals surface area contributed by atoms with Gasteiger partial charge in [0.2, 0.25) is 0 Å². The van der Waals surface area contributed by atoms with E-state index in [0.717, 1.165) is 6.54 Å². The maximum atomic E-state index is 11.5. The van der Waals surface area contributed by atoms with E-state index in [9.17, 15) is 4.79 Å². The van der Waals surface area contributed by atoms with Gasteiger partial charge in [0, 0.05) is 18.5 Å². The van der Waals surface area contributed by atoms with Crippen molar-refractivity contribution in [2.45, 2.75) is 46.2 Å². The molecule has 0 aliphatic heterocycles. The summed E-state index contributed by atoms with van der Waals surface area (Å²) in [5.74, 6) is 0.220. The third kappa shape index (κ3) is 6.97. The number of benzene rings is 1. The highest BCUT2D eigenvalue weighted by molar-refractivity contribution is 5.69. The number of ether oxygens (including phenoxy) is 1. The first-order chi connectivity index (χ1) is 8.89. The van der Waals surface area contributed by atoms with E-state index in [1.165, 1.54) is 5.56 Å². The van der Waals surface area contributed by atoms with Gasteiger partial charge in [0.15, 0.2) is 0 Å². The van der Waals surface area contributed by atoms with Crippen LogP contribution in [-0.2, 0) is 16.1 Å². The Morgan fingerprint density at radius 2 is 1.89 bits per heavy atom. The first kappa shape index (κ1) is 15.7. The summed E-state index contributed by atoms with van der Waals surface area (Å²) in [5, 5.41) is 3.41. The Balaban J connectivity index is 2.33. The Kier molecular flexibility index (Phi) is 6.03. The Hall–Kier alpha value is -1.35. The maximum absolute atomic E-state index is 11.5. The molecule has 0 spiro atoms. The van der Waals surface area contributed by atoms with Gasteiger partial charge in [0.1, 0.15) is 6.61 Å². The number of carbonyl (C=O) groups is 1. The molecule has 0 unspecified atom stereocenters. The van der Waals surface area contributed by atoms with E-state index >= 15 is 0 Å². The van der Waals surface area contributed by atoms with Crippen LogP contribution < -0.4 is 5.32 Å². The van der Waals surface area contributed by atoms with Crippen LogP contribution in [0.5, 0.6) is 0 Å². The minimum absolute atomic E-state index is 0.121. The lowest BCUT2D eigenvalue weighted by Gasteiger charge is -2.26. The molecule has 0 saturated carbocycles. The first-order valence-electron chi connectivity index (χ1n) is 6.83. The van der Waals surface area contributed by atoms with Crippen molar-refractivity contribution in [3.05, 3.63) is 35.9 Å². The predicted octanol–water partition coefficient (Wildman–Crippen LogP) is 3.14. The predicted molar refractivity (Wildman–Crippen MR) is 77.8 cm³/mol. The van der Waals surface area contributed by atoms with E-state index in [4.69, 9.17) is 4.74 Å². The maximum Gasteiger partial charge on any atom is 0.306 e. The molecule has 3 nitrogen and oxygen atoms in total. The van der Waals surface area contributed by atoms with Crippen molar-refractivity contribution in [3.63, 3.8) is 0 Å². The molecule has 0 radical (unpaired) electrons. The van der Waals surface area contributed by atoms with Gasteiger partial charge in [0.05, 0.1) is 0 Å². The monoisotopic (exact) mass is 263 g/mol. The van der Waals surface area contributed by atoms with Gasteiger partial charge < -0.3 is 10.1 Å². The summed E-state index contributed by atoms with van der Waals surface area (Å²) in [6.45, 7) is 9.28. The van der Waals surface area contributed by atoms with Crippen molar-refractivity contribution in [3.8, 4) is 0 Å². The minimum atomic E-state index is -0.220. The number of hydrogen-bond acceptors (Lipinski definition) is 3. The number of rotatable bonds is 7.